The standard InChI is InChI=1S/C20H17F4N3O/c21-16-8-6-13(7-9-16)17-5-2-10-27(17)12-18-25-19(26-28-18)14-3-1-4-15(11-14)20(22,23)24/h1,3-4,6-9,11,17H,2,5,10,12H2. The Balaban J connectivity index is 1.51. The molecule has 2 aromatic carbocycles. The van der Waals surface area contributed by atoms with Crippen LogP contribution < -0.4 is 0 Å². The summed E-state index contributed by atoms with van der Waals surface area (Å²) in [5.74, 6) is 0.177. The summed E-state index contributed by atoms with van der Waals surface area (Å²) in [5, 5.41) is 3.83. The second-order valence-corrected chi connectivity index (χ2v) is 6.77. The van der Waals surface area contributed by atoms with E-state index in [-0.39, 0.29) is 23.2 Å². The summed E-state index contributed by atoms with van der Waals surface area (Å²) in [5.41, 5.74) is 0.505. The summed E-state index contributed by atoms with van der Waals surface area (Å²) >= 11 is 0. The molecule has 8 heteroatoms. The Morgan fingerprint density at radius 1 is 1.11 bits per heavy atom. The van der Waals surface area contributed by atoms with Crippen molar-refractivity contribution in [3.63, 3.8) is 0 Å². The van der Waals surface area contributed by atoms with Gasteiger partial charge in [0.25, 0.3) is 0 Å². The molecule has 0 saturated carbocycles. The molecule has 0 bridgehead atoms. The van der Waals surface area contributed by atoms with Crippen molar-refractivity contribution in [3.05, 3.63) is 71.4 Å². The predicted octanol–water partition coefficient (Wildman–Crippen LogP) is 5.23. The molecule has 4 nitrogen and oxygen atoms in total. The van der Waals surface area contributed by atoms with Gasteiger partial charge in [0, 0.05) is 11.6 Å². The minimum absolute atomic E-state index is 0.115. The number of rotatable bonds is 4. The van der Waals surface area contributed by atoms with Crippen LogP contribution in [0.4, 0.5) is 17.6 Å². The zero-order valence-electron chi connectivity index (χ0n) is 14.8. The lowest BCUT2D eigenvalue weighted by molar-refractivity contribution is -0.137. The number of likely N-dealkylation sites (tertiary alicyclic amines) is 1. The Kier molecular flexibility index (Phi) is 4.89. The van der Waals surface area contributed by atoms with E-state index in [0.717, 1.165) is 37.1 Å². The van der Waals surface area contributed by atoms with Gasteiger partial charge in [-0.1, -0.05) is 29.4 Å². The smallest absolute Gasteiger partial charge is 0.338 e. The molecule has 0 spiro atoms. The van der Waals surface area contributed by atoms with Gasteiger partial charge in [0.1, 0.15) is 5.82 Å². The van der Waals surface area contributed by atoms with Crippen molar-refractivity contribution < 1.29 is 22.1 Å². The van der Waals surface area contributed by atoms with E-state index < -0.39 is 11.7 Å². The van der Waals surface area contributed by atoms with Gasteiger partial charge in [-0.05, 0) is 49.2 Å². The van der Waals surface area contributed by atoms with Crippen molar-refractivity contribution >= 4 is 0 Å². The fraction of sp³-hybridized carbons (Fsp3) is 0.300. The third-order valence-electron chi connectivity index (χ3n) is 4.87. The van der Waals surface area contributed by atoms with E-state index in [1.807, 2.05) is 0 Å². The highest BCUT2D eigenvalue weighted by atomic mass is 19.4. The largest absolute Gasteiger partial charge is 0.416 e. The van der Waals surface area contributed by atoms with Crippen molar-refractivity contribution in [3.8, 4) is 11.4 Å². The number of hydrogen-bond acceptors (Lipinski definition) is 4. The van der Waals surface area contributed by atoms with Gasteiger partial charge >= 0.3 is 6.18 Å². The van der Waals surface area contributed by atoms with Gasteiger partial charge in [0.15, 0.2) is 0 Å². The Hall–Kier alpha value is -2.74. The van der Waals surface area contributed by atoms with Crippen molar-refractivity contribution in [1.82, 2.24) is 15.0 Å². The number of halogens is 4. The van der Waals surface area contributed by atoms with Crippen LogP contribution in [0.1, 0.15) is 35.9 Å². The molecule has 1 fully saturated rings. The van der Waals surface area contributed by atoms with E-state index in [9.17, 15) is 17.6 Å². The fourth-order valence-corrected chi connectivity index (χ4v) is 3.52. The van der Waals surface area contributed by atoms with Gasteiger partial charge in [0.05, 0.1) is 12.1 Å². The first-order valence-electron chi connectivity index (χ1n) is 8.90. The van der Waals surface area contributed by atoms with E-state index in [1.165, 1.54) is 24.3 Å². The monoisotopic (exact) mass is 391 g/mol. The van der Waals surface area contributed by atoms with E-state index in [1.54, 1.807) is 12.1 Å². The average molecular weight is 391 g/mol. The Morgan fingerprint density at radius 3 is 2.64 bits per heavy atom. The quantitative estimate of drug-likeness (QED) is 0.571. The van der Waals surface area contributed by atoms with E-state index in [0.29, 0.717) is 12.4 Å². The number of benzene rings is 2. The van der Waals surface area contributed by atoms with E-state index >= 15 is 0 Å². The highest BCUT2D eigenvalue weighted by Crippen LogP contribution is 2.34. The van der Waals surface area contributed by atoms with Gasteiger partial charge < -0.3 is 4.52 Å². The average Bonchev–Trinajstić information content (AvgIpc) is 3.32. The zero-order valence-corrected chi connectivity index (χ0v) is 14.8. The molecule has 4 rings (SSSR count). The first-order valence-corrected chi connectivity index (χ1v) is 8.90. The number of aromatic nitrogens is 2. The van der Waals surface area contributed by atoms with Crippen molar-refractivity contribution in [2.45, 2.75) is 31.6 Å². The highest BCUT2D eigenvalue weighted by Gasteiger charge is 2.31. The molecule has 1 aromatic heterocycles. The van der Waals surface area contributed by atoms with Gasteiger partial charge in [-0.25, -0.2) is 4.39 Å². The molecule has 1 aliphatic rings. The fourth-order valence-electron chi connectivity index (χ4n) is 3.52. The van der Waals surface area contributed by atoms with Gasteiger partial charge in [-0.3, -0.25) is 4.90 Å². The lowest BCUT2D eigenvalue weighted by Gasteiger charge is -2.23. The van der Waals surface area contributed by atoms with Gasteiger partial charge in [0.2, 0.25) is 11.7 Å². The summed E-state index contributed by atoms with van der Waals surface area (Å²) in [6, 6.07) is 11.4. The van der Waals surface area contributed by atoms with Crippen LogP contribution in [0.15, 0.2) is 53.1 Å². The third kappa shape index (κ3) is 3.91. The van der Waals surface area contributed by atoms with Gasteiger partial charge in [-0.2, -0.15) is 18.2 Å². The normalized spacial score (nSPS) is 17.9. The molecule has 1 saturated heterocycles. The van der Waals surface area contributed by atoms with Crippen LogP contribution in [0.3, 0.4) is 0 Å². The molecule has 0 N–H and O–H groups in total. The topological polar surface area (TPSA) is 42.2 Å². The van der Waals surface area contributed by atoms with E-state index in [4.69, 9.17) is 4.52 Å². The molecule has 146 valence electrons. The van der Waals surface area contributed by atoms with Crippen LogP contribution in [0, 0.1) is 5.82 Å². The molecule has 1 unspecified atom stereocenters. The Bertz CT molecular complexity index is 953. The van der Waals surface area contributed by atoms with Crippen molar-refractivity contribution in [1.29, 1.82) is 0 Å². The van der Waals surface area contributed by atoms with Crippen LogP contribution in [-0.2, 0) is 12.7 Å². The first-order chi connectivity index (χ1) is 13.4. The van der Waals surface area contributed by atoms with Crippen LogP contribution >= 0.6 is 0 Å². The molecule has 0 aliphatic carbocycles. The van der Waals surface area contributed by atoms with Crippen LogP contribution in [0.2, 0.25) is 0 Å². The summed E-state index contributed by atoms with van der Waals surface area (Å²) in [6.07, 6.45) is -2.52. The maximum absolute atomic E-state index is 13.2. The maximum Gasteiger partial charge on any atom is 0.416 e. The Morgan fingerprint density at radius 2 is 1.89 bits per heavy atom. The molecule has 2 heterocycles. The molecule has 1 atom stereocenters. The first kappa shape index (κ1) is 18.6. The number of nitrogens with zero attached hydrogens (tertiary/aromatic N) is 3. The van der Waals surface area contributed by atoms with E-state index in [2.05, 4.69) is 15.0 Å². The van der Waals surface area contributed by atoms with Crippen molar-refractivity contribution in [2.24, 2.45) is 0 Å². The zero-order chi connectivity index (χ0) is 19.7. The highest BCUT2D eigenvalue weighted by molar-refractivity contribution is 5.55. The minimum Gasteiger partial charge on any atom is -0.338 e. The second kappa shape index (κ2) is 7.35. The molecular weight excluding hydrogens is 374 g/mol. The molecule has 0 amide bonds. The summed E-state index contributed by atoms with van der Waals surface area (Å²) in [7, 11) is 0. The van der Waals surface area contributed by atoms with Crippen molar-refractivity contribution in [2.75, 3.05) is 6.54 Å². The number of hydrogen-bond donors (Lipinski definition) is 0. The van der Waals surface area contributed by atoms with Gasteiger partial charge in [-0.15, -0.1) is 0 Å². The molecule has 1 aliphatic heterocycles. The predicted molar refractivity (Wildman–Crippen MR) is 93.5 cm³/mol. The lowest BCUT2D eigenvalue weighted by atomic mass is 10.0. The summed E-state index contributed by atoms with van der Waals surface area (Å²) in [6.45, 7) is 1.21. The summed E-state index contributed by atoms with van der Waals surface area (Å²) < 4.78 is 57.1. The maximum atomic E-state index is 13.2. The van der Waals surface area contributed by atoms with Crippen LogP contribution in [-0.4, -0.2) is 21.6 Å². The SMILES string of the molecule is Fc1ccc(C2CCCN2Cc2nc(-c3cccc(C(F)(F)F)c3)no2)cc1. The van der Waals surface area contributed by atoms with Crippen LogP contribution in [0.25, 0.3) is 11.4 Å². The molecule has 0 radical (unpaired) electrons. The lowest BCUT2D eigenvalue weighted by Crippen LogP contribution is -2.22. The summed E-state index contributed by atoms with van der Waals surface area (Å²) in [4.78, 5) is 6.41. The minimum atomic E-state index is -4.43. The second-order valence-electron chi connectivity index (χ2n) is 6.77. The van der Waals surface area contributed by atoms with Crippen LogP contribution in [0.5, 0.6) is 0 Å². The number of alkyl halides is 3. The molecule has 3 aromatic rings. The third-order valence-corrected chi connectivity index (χ3v) is 4.87. The molecular formula is C20H17F4N3O. The Labute approximate surface area is 158 Å². The molecule has 28 heavy (non-hydrogen) atoms.